The van der Waals surface area contributed by atoms with E-state index >= 15 is 0 Å². The molecule has 2 aliphatic heterocycles. The van der Waals surface area contributed by atoms with E-state index in [4.69, 9.17) is 19.2 Å². The molecule has 1 N–H and O–H groups in total. The van der Waals surface area contributed by atoms with Gasteiger partial charge < -0.3 is 19.3 Å². The Morgan fingerprint density at radius 3 is 2.53 bits per heavy atom. The molecule has 5 aromatic rings. The average molecular weight is 619 g/mol. The monoisotopic (exact) mass is 618 g/mol. The van der Waals surface area contributed by atoms with Crippen molar-refractivity contribution in [2.24, 2.45) is 0 Å². The lowest BCUT2D eigenvalue weighted by atomic mass is 9.94. The van der Waals surface area contributed by atoms with E-state index in [-0.39, 0.29) is 17.4 Å². The Balaban J connectivity index is 1.30. The minimum Gasteiger partial charge on any atom is -0.507 e. The molecule has 3 heterocycles. The first kappa shape index (κ1) is 28.6. The fourth-order valence-corrected chi connectivity index (χ4v) is 6.83. The molecule has 0 spiro atoms. The minimum absolute atomic E-state index is 0.000806. The van der Waals surface area contributed by atoms with Crippen LogP contribution in [-0.2, 0) is 22.6 Å². The molecule has 1 amide bonds. The smallest absolute Gasteiger partial charge is 0.301 e. The molecule has 1 aromatic heterocycles. The Morgan fingerprint density at radius 1 is 0.978 bits per heavy atom. The van der Waals surface area contributed by atoms with Crippen molar-refractivity contribution in [3.63, 3.8) is 0 Å². The number of fused-ring (bicyclic) bond motifs is 2. The number of aliphatic hydroxyl groups is 1. The fourth-order valence-electron chi connectivity index (χ4n) is 5.81. The van der Waals surface area contributed by atoms with Gasteiger partial charge in [-0.1, -0.05) is 53.8 Å². The van der Waals surface area contributed by atoms with Crippen LogP contribution in [0.4, 0.5) is 5.13 Å². The molecule has 226 valence electrons. The quantitative estimate of drug-likeness (QED) is 0.111. The number of benzene rings is 4. The number of carbonyl (C=O) groups excluding carboxylic acids is 2. The number of anilines is 1. The molecule has 9 heteroatoms. The van der Waals surface area contributed by atoms with Crippen LogP contribution in [0.15, 0.2) is 96.6 Å². The molecular weight excluding hydrogens is 588 g/mol. The topological polar surface area (TPSA) is 98.2 Å². The fraction of sp³-hybridized carbons (Fsp3) is 0.194. The number of nitrogens with zero attached hydrogens (tertiary/aromatic N) is 2. The molecule has 0 saturated carbocycles. The molecule has 45 heavy (non-hydrogen) atoms. The van der Waals surface area contributed by atoms with Crippen molar-refractivity contribution in [1.82, 2.24) is 4.98 Å². The highest BCUT2D eigenvalue weighted by molar-refractivity contribution is 7.22. The van der Waals surface area contributed by atoms with Gasteiger partial charge in [-0.25, -0.2) is 4.98 Å². The number of aliphatic hydroxyl groups excluding tert-OH is 1. The van der Waals surface area contributed by atoms with Crippen molar-refractivity contribution in [2.75, 3.05) is 11.5 Å². The largest absolute Gasteiger partial charge is 0.507 e. The number of hydrogen-bond donors (Lipinski definition) is 1. The Bertz CT molecular complexity index is 1950. The third-order valence-electron chi connectivity index (χ3n) is 7.92. The van der Waals surface area contributed by atoms with E-state index in [0.29, 0.717) is 52.9 Å². The van der Waals surface area contributed by atoms with Gasteiger partial charge in [0.2, 0.25) is 0 Å². The van der Waals surface area contributed by atoms with E-state index in [0.717, 1.165) is 21.6 Å². The van der Waals surface area contributed by atoms with E-state index in [9.17, 15) is 14.7 Å². The number of aromatic nitrogens is 1. The first-order valence-electron chi connectivity index (χ1n) is 14.8. The van der Waals surface area contributed by atoms with Crippen LogP contribution in [0.1, 0.15) is 42.1 Å². The molecule has 8 nitrogen and oxygen atoms in total. The molecule has 4 aromatic carbocycles. The van der Waals surface area contributed by atoms with Crippen LogP contribution >= 0.6 is 11.3 Å². The number of rotatable bonds is 8. The lowest BCUT2D eigenvalue weighted by Crippen LogP contribution is -2.29. The number of Topliss-reactive ketones (excluding diaryl/α,β-unsaturated/α-hetero) is 1. The first-order valence-corrected chi connectivity index (χ1v) is 15.6. The van der Waals surface area contributed by atoms with Gasteiger partial charge in [0.25, 0.3) is 5.78 Å². The maximum atomic E-state index is 13.8. The summed E-state index contributed by atoms with van der Waals surface area (Å²) >= 11 is 1.29. The summed E-state index contributed by atoms with van der Waals surface area (Å²) in [5, 5.41) is 12.0. The second kappa shape index (κ2) is 11.7. The molecule has 0 bridgehead atoms. The van der Waals surface area contributed by atoms with Crippen molar-refractivity contribution in [3.8, 4) is 17.2 Å². The normalized spacial score (nSPS) is 18.7. The van der Waals surface area contributed by atoms with E-state index in [1.807, 2.05) is 80.6 Å². The molecule has 0 aliphatic carbocycles. The molecule has 7 rings (SSSR count). The Labute approximate surface area is 264 Å². The van der Waals surface area contributed by atoms with Crippen LogP contribution in [0, 0.1) is 0 Å². The third kappa shape index (κ3) is 5.40. The predicted molar refractivity (Wildman–Crippen MR) is 173 cm³/mol. The van der Waals surface area contributed by atoms with Gasteiger partial charge >= 0.3 is 5.91 Å². The third-order valence-corrected chi connectivity index (χ3v) is 8.94. The maximum absolute atomic E-state index is 13.8. The summed E-state index contributed by atoms with van der Waals surface area (Å²) in [4.78, 5) is 33.6. The Kier molecular flexibility index (Phi) is 7.47. The van der Waals surface area contributed by atoms with Crippen LogP contribution < -0.4 is 19.1 Å². The highest BCUT2D eigenvalue weighted by Gasteiger charge is 2.48. The van der Waals surface area contributed by atoms with Gasteiger partial charge in [-0.15, -0.1) is 0 Å². The number of carbonyl (C=O) groups is 2. The SMILES string of the molecule is CCOc1ccc2nc(N3C(=O)C(=O)C(=C(O)c4ccc5c(c4)C[C@@H](C)O5)[C@@H]3c3ccc(OCc4ccccc4)cc3)sc2c1. The number of ketones is 1. The summed E-state index contributed by atoms with van der Waals surface area (Å²) in [6, 6.07) is 27.0. The number of ether oxygens (including phenoxy) is 3. The van der Waals surface area contributed by atoms with E-state index in [1.165, 1.54) is 16.2 Å². The van der Waals surface area contributed by atoms with Gasteiger partial charge in [0, 0.05) is 12.0 Å². The summed E-state index contributed by atoms with van der Waals surface area (Å²) < 4.78 is 18.3. The van der Waals surface area contributed by atoms with E-state index in [2.05, 4.69) is 0 Å². The van der Waals surface area contributed by atoms with Crippen molar-refractivity contribution in [2.45, 2.75) is 39.0 Å². The molecule has 0 unspecified atom stereocenters. The van der Waals surface area contributed by atoms with Gasteiger partial charge in [0.05, 0.1) is 28.4 Å². The number of amides is 1. The van der Waals surface area contributed by atoms with Crippen molar-refractivity contribution in [3.05, 3.63) is 119 Å². The zero-order valence-electron chi connectivity index (χ0n) is 24.7. The second-order valence-electron chi connectivity index (χ2n) is 11.0. The Morgan fingerprint density at radius 2 is 1.76 bits per heavy atom. The molecular formula is C36H30N2O6S. The summed E-state index contributed by atoms with van der Waals surface area (Å²) in [5.74, 6) is 0.306. The van der Waals surface area contributed by atoms with Crippen molar-refractivity contribution >= 4 is 44.1 Å². The van der Waals surface area contributed by atoms with Gasteiger partial charge in [-0.2, -0.15) is 0 Å². The minimum atomic E-state index is -0.913. The molecule has 1 fully saturated rings. The summed E-state index contributed by atoms with van der Waals surface area (Å²) in [6.07, 6.45) is 0.710. The zero-order valence-corrected chi connectivity index (χ0v) is 25.5. The van der Waals surface area contributed by atoms with E-state index < -0.39 is 17.7 Å². The Hall–Kier alpha value is -5.15. The van der Waals surface area contributed by atoms with Crippen LogP contribution in [0.2, 0.25) is 0 Å². The van der Waals surface area contributed by atoms with Crippen LogP contribution in [0.25, 0.3) is 16.0 Å². The van der Waals surface area contributed by atoms with Crippen LogP contribution in [-0.4, -0.2) is 34.5 Å². The first-order chi connectivity index (χ1) is 21.9. The van der Waals surface area contributed by atoms with Crippen molar-refractivity contribution in [1.29, 1.82) is 0 Å². The summed E-state index contributed by atoms with van der Waals surface area (Å²) in [6.45, 7) is 4.81. The van der Waals surface area contributed by atoms with Crippen LogP contribution in [0.5, 0.6) is 17.2 Å². The van der Waals surface area contributed by atoms with Crippen molar-refractivity contribution < 1.29 is 28.9 Å². The van der Waals surface area contributed by atoms with Crippen LogP contribution in [0.3, 0.4) is 0 Å². The second-order valence-corrected chi connectivity index (χ2v) is 12.0. The van der Waals surface area contributed by atoms with E-state index in [1.54, 1.807) is 24.3 Å². The molecule has 2 atom stereocenters. The lowest BCUT2D eigenvalue weighted by molar-refractivity contribution is -0.132. The number of thiazole rings is 1. The maximum Gasteiger partial charge on any atom is 0.301 e. The molecule has 2 aliphatic rings. The average Bonchev–Trinajstić information content (AvgIpc) is 3.72. The standard InChI is InChI=1S/C36H30N2O6S/c1-3-42-27-14-15-28-30(19-27)45-36(37-28)38-32(23-9-12-26(13-10-23)43-20-22-7-5-4-6-8-22)31(34(40)35(38)41)33(39)24-11-16-29-25(18-24)17-21(2)44-29/h4-16,18-19,21,32,39H,3,17,20H2,1-2H3/t21-,32+/m1/s1. The summed E-state index contributed by atoms with van der Waals surface area (Å²) in [7, 11) is 0. The lowest BCUT2D eigenvalue weighted by Gasteiger charge is -2.23. The van der Waals surface area contributed by atoms with Gasteiger partial charge in [0.1, 0.15) is 35.7 Å². The summed E-state index contributed by atoms with van der Waals surface area (Å²) in [5.41, 5.74) is 3.73. The molecule has 0 radical (unpaired) electrons. The van der Waals surface area contributed by atoms with Gasteiger partial charge in [0.15, 0.2) is 5.13 Å². The predicted octanol–water partition coefficient (Wildman–Crippen LogP) is 7.22. The zero-order chi connectivity index (χ0) is 31.1. The van der Waals surface area contributed by atoms with Gasteiger partial charge in [-0.05, 0) is 79.1 Å². The number of hydrogen-bond acceptors (Lipinski definition) is 8. The highest BCUT2D eigenvalue weighted by Crippen LogP contribution is 2.45. The molecule has 1 saturated heterocycles. The highest BCUT2D eigenvalue weighted by atomic mass is 32.1. The van der Waals surface area contributed by atoms with Gasteiger partial charge in [-0.3, -0.25) is 14.5 Å².